The first-order chi connectivity index (χ1) is 15.0. The highest BCUT2D eigenvalue weighted by Crippen LogP contribution is 2.16. The number of anilines is 1. The largest absolute Gasteiger partial charge is 0.360 e. The summed E-state index contributed by atoms with van der Waals surface area (Å²) in [7, 11) is 1.72. The van der Waals surface area contributed by atoms with Gasteiger partial charge in [0.05, 0.1) is 6.54 Å². The van der Waals surface area contributed by atoms with E-state index in [2.05, 4.69) is 16.0 Å². The summed E-state index contributed by atoms with van der Waals surface area (Å²) >= 11 is 0. The highest BCUT2D eigenvalue weighted by Gasteiger charge is 2.16. The van der Waals surface area contributed by atoms with Gasteiger partial charge in [-0.3, -0.25) is 9.59 Å². The molecule has 1 aliphatic rings. The van der Waals surface area contributed by atoms with Crippen molar-refractivity contribution in [2.75, 3.05) is 38.1 Å². The average Bonchev–Trinajstić information content (AvgIpc) is 2.78. The fourth-order valence-corrected chi connectivity index (χ4v) is 3.32. The summed E-state index contributed by atoms with van der Waals surface area (Å²) in [6.07, 6.45) is 0.214. The molecule has 0 radical (unpaired) electrons. The van der Waals surface area contributed by atoms with Crippen LogP contribution in [0.2, 0.25) is 0 Å². The van der Waals surface area contributed by atoms with Gasteiger partial charge in [0.15, 0.2) is 0 Å². The molecule has 31 heavy (non-hydrogen) atoms. The second-order valence-electron chi connectivity index (χ2n) is 7.54. The third-order valence-electron chi connectivity index (χ3n) is 5.07. The molecular weight excluding hydrogens is 394 g/mol. The van der Waals surface area contributed by atoms with Gasteiger partial charge in [-0.25, -0.2) is 4.79 Å². The van der Waals surface area contributed by atoms with Gasteiger partial charge >= 0.3 is 6.03 Å². The lowest BCUT2D eigenvalue weighted by atomic mass is 10.1. The smallest absolute Gasteiger partial charge is 0.317 e. The Morgan fingerprint density at radius 2 is 1.77 bits per heavy atom. The van der Waals surface area contributed by atoms with Crippen LogP contribution in [0.15, 0.2) is 54.6 Å². The predicted octanol–water partition coefficient (Wildman–Crippen LogP) is 1.47. The normalized spacial score (nSPS) is 13.3. The van der Waals surface area contributed by atoms with Crippen LogP contribution in [0.1, 0.15) is 17.5 Å². The maximum absolute atomic E-state index is 12.1. The van der Waals surface area contributed by atoms with Crippen LogP contribution < -0.4 is 20.9 Å². The molecule has 0 bridgehead atoms. The molecule has 1 saturated heterocycles. The van der Waals surface area contributed by atoms with Gasteiger partial charge in [0.25, 0.3) is 0 Å². The molecule has 0 aromatic heterocycles. The quantitative estimate of drug-likeness (QED) is 0.599. The van der Waals surface area contributed by atoms with Gasteiger partial charge in [0.2, 0.25) is 11.8 Å². The number of nitrogens with one attached hydrogen (secondary N) is 3. The Morgan fingerprint density at radius 1 is 1.03 bits per heavy atom. The first-order valence-corrected chi connectivity index (χ1v) is 10.4. The van der Waals surface area contributed by atoms with E-state index in [-0.39, 0.29) is 30.8 Å². The van der Waals surface area contributed by atoms with Gasteiger partial charge in [0, 0.05) is 51.9 Å². The first-order valence-electron chi connectivity index (χ1n) is 10.4. The Hall–Kier alpha value is -3.55. The van der Waals surface area contributed by atoms with Crippen molar-refractivity contribution < 1.29 is 14.4 Å². The molecule has 8 nitrogen and oxygen atoms in total. The first kappa shape index (κ1) is 22.1. The number of amides is 4. The number of piperazine rings is 1. The minimum atomic E-state index is -0.210. The minimum Gasteiger partial charge on any atom is -0.360 e. The van der Waals surface area contributed by atoms with Crippen LogP contribution in [0.5, 0.6) is 0 Å². The number of urea groups is 1. The van der Waals surface area contributed by atoms with Crippen molar-refractivity contribution in [2.45, 2.75) is 19.5 Å². The SMILES string of the molecule is CN(Cc1ccccc1)C(=O)NCCC(=O)NCc1ccc(N2CCNC(=O)C2)cc1. The van der Waals surface area contributed by atoms with Crippen LogP contribution in [-0.4, -0.2) is 56.0 Å². The number of carbonyl (C=O) groups is 3. The lowest BCUT2D eigenvalue weighted by Crippen LogP contribution is -2.47. The molecule has 4 amide bonds. The Bertz CT molecular complexity index is 886. The molecule has 3 N–H and O–H groups in total. The van der Waals surface area contributed by atoms with E-state index >= 15 is 0 Å². The summed E-state index contributed by atoms with van der Waals surface area (Å²) in [5.41, 5.74) is 3.02. The van der Waals surface area contributed by atoms with Crippen LogP contribution in [-0.2, 0) is 22.7 Å². The monoisotopic (exact) mass is 423 g/mol. The standard InChI is InChI=1S/C23H29N5O3/c1-27(16-19-5-3-2-4-6-19)23(31)25-12-11-21(29)26-15-18-7-9-20(10-8-18)28-14-13-24-22(30)17-28/h2-10H,11-17H2,1H3,(H,24,30)(H,25,31)(H,26,29). The molecule has 1 fully saturated rings. The van der Waals surface area contributed by atoms with E-state index in [4.69, 9.17) is 0 Å². The molecule has 0 saturated carbocycles. The van der Waals surface area contributed by atoms with Crippen LogP contribution >= 0.6 is 0 Å². The van der Waals surface area contributed by atoms with E-state index in [0.29, 0.717) is 26.2 Å². The molecule has 2 aromatic rings. The van der Waals surface area contributed by atoms with Gasteiger partial charge in [-0.15, -0.1) is 0 Å². The molecule has 0 atom stereocenters. The fourth-order valence-electron chi connectivity index (χ4n) is 3.32. The summed E-state index contributed by atoms with van der Waals surface area (Å²) < 4.78 is 0. The Morgan fingerprint density at radius 3 is 2.48 bits per heavy atom. The van der Waals surface area contributed by atoms with Crippen molar-refractivity contribution in [1.82, 2.24) is 20.9 Å². The summed E-state index contributed by atoms with van der Waals surface area (Å²) in [6, 6.07) is 17.3. The fraction of sp³-hybridized carbons (Fsp3) is 0.348. The third-order valence-corrected chi connectivity index (χ3v) is 5.07. The van der Waals surface area contributed by atoms with E-state index < -0.39 is 0 Å². The highest BCUT2D eigenvalue weighted by atomic mass is 16.2. The van der Waals surface area contributed by atoms with Crippen LogP contribution in [0.4, 0.5) is 10.5 Å². The van der Waals surface area contributed by atoms with E-state index in [0.717, 1.165) is 23.4 Å². The van der Waals surface area contributed by atoms with Crippen molar-refractivity contribution >= 4 is 23.5 Å². The number of benzene rings is 2. The van der Waals surface area contributed by atoms with Crippen molar-refractivity contribution in [2.24, 2.45) is 0 Å². The maximum Gasteiger partial charge on any atom is 0.317 e. The predicted molar refractivity (Wildman–Crippen MR) is 119 cm³/mol. The summed E-state index contributed by atoms with van der Waals surface area (Å²) in [6.45, 7) is 3.00. The maximum atomic E-state index is 12.1. The zero-order valence-corrected chi connectivity index (χ0v) is 17.8. The molecule has 0 aliphatic carbocycles. The molecule has 1 heterocycles. The van der Waals surface area contributed by atoms with E-state index in [1.807, 2.05) is 59.5 Å². The summed E-state index contributed by atoms with van der Waals surface area (Å²) in [5, 5.41) is 8.44. The average molecular weight is 424 g/mol. The van der Waals surface area contributed by atoms with Crippen molar-refractivity contribution in [3.05, 3.63) is 65.7 Å². The lowest BCUT2D eigenvalue weighted by molar-refractivity contribution is -0.121. The molecule has 0 spiro atoms. The van der Waals surface area contributed by atoms with Crippen LogP contribution in [0.3, 0.4) is 0 Å². The molecule has 164 valence electrons. The summed E-state index contributed by atoms with van der Waals surface area (Å²) in [5.74, 6) is -0.0938. The number of carbonyl (C=O) groups excluding carboxylic acids is 3. The molecule has 3 rings (SSSR count). The van der Waals surface area contributed by atoms with Gasteiger partial charge in [-0.1, -0.05) is 42.5 Å². The number of nitrogens with zero attached hydrogens (tertiary/aromatic N) is 2. The molecule has 2 aromatic carbocycles. The number of rotatable bonds is 8. The van der Waals surface area contributed by atoms with Gasteiger partial charge in [0.1, 0.15) is 0 Å². The third kappa shape index (κ3) is 7.02. The second-order valence-corrected chi connectivity index (χ2v) is 7.54. The van der Waals surface area contributed by atoms with Gasteiger partial charge < -0.3 is 25.8 Å². The lowest BCUT2D eigenvalue weighted by Gasteiger charge is -2.28. The Balaban J connectivity index is 1.34. The second kappa shape index (κ2) is 11.0. The van der Waals surface area contributed by atoms with Gasteiger partial charge in [-0.2, -0.15) is 0 Å². The van der Waals surface area contributed by atoms with E-state index in [1.54, 1.807) is 11.9 Å². The van der Waals surface area contributed by atoms with Crippen LogP contribution in [0.25, 0.3) is 0 Å². The minimum absolute atomic E-state index is 0.0286. The zero-order chi connectivity index (χ0) is 22.1. The Kier molecular flexibility index (Phi) is 7.86. The molecule has 8 heteroatoms. The molecule has 1 aliphatic heterocycles. The molecule has 0 unspecified atom stereocenters. The highest BCUT2D eigenvalue weighted by molar-refractivity contribution is 5.82. The van der Waals surface area contributed by atoms with E-state index in [9.17, 15) is 14.4 Å². The van der Waals surface area contributed by atoms with Crippen molar-refractivity contribution in [3.63, 3.8) is 0 Å². The van der Waals surface area contributed by atoms with Gasteiger partial charge in [-0.05, 0) is 23.3 Å². The van der Waals surface area contributed by atoms with E-state index in [1.165, 1.54) is 0 Å². The van der Waals surface area contributed by atoms with Crippen molar-refractivity contribution in [3.8, 4) is 0 Å². The Labute approximate surface area is 182 Å². The van der Waals surface area contributed by atoms with Crippen LogP contribution in [0, 0.1) is 0 Å². The number of hydrogen-bond donors (Lipinski definition) is 3. The topological polar surface area (TPSA) is 93.8 Å². The molecular formula is C23H29N5O3. The van der Waals surface area contributed by atoms with Crippen molar-refractivity contribution in [1.29, 1.82) is 0 Å². The number of hydrogen-bond acceptors (Lipinski definition) is 4. The summed E-state index contributed by atoms with van der Waals surface area (Å²) in [4.78, 5) is 39.3. The zero-order valence-electron chi connectivity index (χ0n) is 17.8.